The standard InChI is InChI=1S/C87H128F2N11O26P3S2/c1-4-6-8-10-12-14-16-18-20-22-24-26-28-30-32-37-71(103)115-54-65(121-72(104)38-33-31-29-27-25-23-21-19-17-15-13-11-9-7-5-2)55-118-127(110,111)117-49-47-90-69(101)35-34-36-70(102)91-51-61-39-43-63(44-40-61)85(107)122-64-45-41-62(42-46-64)53-116-87(109)98(3)48-50-114-86(108)97-79-75-81(94-58-92-79)100(60-96-75)83-74(89)77-68(124-83)57-120-129(113,131)126-78-76(105)67(56-119-128(112,130)125-77)123-84(78)99-52-66(88)73-80(99)93-59-95-82(73)106/h39-46,52,58-60,65,67-68,74,76-78,83-84,105H,4-38,47-51,53-57H2,1-3H3,(H,90,101)(H,91,102)(H,110,111)(H,112,130)(H,113,131)(H,93,95,106)(H,92,94,97,108)/t65-,67-,68-,74-,76-,77-,78-,83-,84-,128?,129?/m1/s1. The number of esters is 3. The van der Waals surface area contributed by atoms with Crippen molar-refractivity contribution in [2.75, 3.05) is 65.1 Å². The predicted octanol–water partition coefficient (Wildman–Crippen LogP) is 16.3. The van der Waals surface area contributed by atoms with Crippen LogP contribution in [0, 0.1) is 5.82 Å². The quantitative estimate of drug-likeness (QED) is 0.00439. The summed E-state index contributed by atoms with van der Waals surface area (Å²) in [4.78, 5) is 145. The van der Waals surface area contributed by atoms with Crippen molar-refractivity contribution < 1.29 is 127 Å². The summed E-state index contributed by atoms with van der Waals surface area (Å²) in [5.41, 5.74) is 0.157. The van der Waals surface area contributed by atoms with Crippen LogP contribution in [0.4, 0.5) is 24.2 Å². The molecule has 7 N–H and O–H groups in total. The lowest BCUT2D eigenvalue weighted by molar-refractivity contribution is -0.161. The lowest BCUT2D eigenvalue weighted by atomic mass is 10.0. The van der Waals surface area contributed by atoms with Crippen LogP contribution in [-0.2, 0) is 109 Å². The van der Waals surface area contributed by atoms with Crippen molar-refractivity contribution in [2.24, 2.45) is 0 Å². The smallest absolute Gasteiger partial charge is 0.462 e. The number of fused-ring (bicyclic) bond motifs is 5. The number of rotatable bonds is 58. The minimum Gasteiger partial charge on any atom is -0.462 e. The van der Waals surface area contributed by atoms with Gasteiger partial charge in [-0.2, -0.15) is 0 Å². The molecule has 12 atom stereocenters. The van der Waals surface area contributed by atoms with E-state index in [1.165, 1.54) is 166 Å². The van der Waals surface area contributed by atoms with Gasteiger partial charge < -0.3 is 77.7 Å². The fourth-order valence-electron chi connectivity index (χ4n) is 15.0. The van der Waals surface area contributed by atoms with Crippen LogP contribution in [0.5, 0.6) is 5.75 Å². The predicted molar refractivity (Wildman–Crippen MR) is 485 cm³/mol. The zero-order chi connectivity index (χ0) is 94.0. The summed E-state index contributed by atoms with van der Waals surface area (Å²) in [6.07, 6.45) is 23.3. The number of carbonyl (C=O) groups is 7. The molecule has 3 aliphatic heterocycles. The van der Waals surface area contributed by atoms with E-state index in [-0.39, 0.29) is 111 Å². The number of unbranched alkanes of at least 4 members (excludes halogenated alkanes) is 28. The first-order chi connectivity index (χ1) is 63.1. The van der Waals surface area contributed by atoms with Crippen LogP contribution in [0.2, 0.25) is 0 Å². The Bertz CT molecular complexity index is 4780. The Kier molecular flexibility index (Phi) is 46.1. The topological polar surface area (TPSA) is 468 Å². The number of halogens is 2. The summed E-state index contributed by atoms with van der Waals surface area (Å²) in [6, 6.07) is 12.5. The molecule has 2 bridgehead atoms. The number of aromatic nitrogens is 7. The molecule has 0 radical (unpaired) electrons. The van der Waals surface area contributed by atoms with Crippen molar-refractivity contribution in [3.63, 3.8) is 0 Å². The highest BCUT2D eigenvalue weighted by molar-refractivity contribution is 8.44. The number of aliphatic hydroxyl groups is 1. The minimum atomic E-state index is -4.73. The Hall–Kier alpha value is -7.82. The van der Waals surface area contributed by atoms with E-state index in [0.29, 0.717) is 24.0 Å². The normalized spacial score (nSPS) is 21.0. The zero-order valence-corrected chi connectivity index (χ0v) is 79.2. The van der Waals surface area contributed by atoms with Crippen molar-refractivity contribution >= 4 is 115 Å². The van der Waals surface area contributed by atoms with E-state index in [9.17, 15) is 62.4 Å². The maximum absolute atomic E-state index is 16.8. The van der Waals surface area contributed by atoms with Gasteiger partial charge in [-0.25, -0.2) is 52.2 Å². The van der Waals surface area contributed by atoms with E-state index >= 15 is 8.78 Å². The molecule has 7 heterocycles. The van der Waals surface area contributed by atoms with Crippen molar-refractivity contribution in [3.8, 4) is 5.75 Å². The Morgan fingerprint density at radius 1 is 0.656 bits per heavy atom. The molecule has 0 spiro atoms. The fourth-order valence-corrected chi connectivity index (χ4v) is 18.7. The first kappa shape index (κ1) is 107. The first-order valence-electron chi connectivity index (χ1n) is 45.7. The van der Waals surface area contributed by atoms with Crippen molar-refractivity contribution in [1.29, 1.82) is 0 Å². The van der Waals surface area contributed by atoms with Crippen molar-refractivity contribution in [3.05, 3.63) is 107 Å². The average Bonchev–Trinajstić information content (AvgIpc) is 1.54. The van der Waals surface area contributed by atoms with Crippen LogP contribution in [0.25, 0.3) is 22.2 Å². The van der Waals surface area contributed by atoms with E-state index in [4.69, 9.17) is 72.1 Å². The van der Waals surface area contributed by atoms with Crippen molar-refractivity contribution in [2.45, 2.75) is 307 Å². The van der Waals surface area contributed by atoms with Gasteiger partial charge in [-0.3, -0.25) is 56.5 Å². The number of amides is 4. The molecule has 728 valence electrons. The highest BCUT2D eigenvalue weighted by Crippen LogP contribution is 2.59. The molecule has 3 unspecified atom stereocenters. The van der Waals surface area contributed by atoms with Gasteiger partial charge in [-0.1, -0.05) is 230 Å². The number of thiol groups is 1. The number of ether oxygens (including phenoxy) is 7. The van der Waals surface area contributed by atoms with Gasteiger partial charge in [-0.05, 0) is 66.5 Å². The van der Waals surface area contributed by atoms with Crippen LogP contribution >= 0.6 is 33.6 Å². The molecule has 37 nitrogen and oxygen atoms in total. The molecule has 6 aromatic rings. The maximum Gasteiger partial charge on any atom is 0.472 e. The van der Waals surface area contributed by atoms with Crippen molar-refractivity contribution in [1.82, 2.24) is 49.6 Å². The number of aromatic amines is 1. The number of nitrogens with zero attached hydrogens (tertiary/aromatic N) is 7. The van der Waals surface area contributed by atoms with Gasteiger partial charge >= 0.3 is 51.4 Å². The number of hydrogen-bond donors (Lipinski definition) is 8. The summed E-state index contributed by atoms with van der Waals surface area (Å²) in [5, 5.41) is 18.7. The highest BCUT2D eigenvalue weighted by Gasteiger charge is 2.54. The number of alkyl halides is 1. The Labute approximate surface area is 771 Å². The van der Waals surface area contributed by atoms with Gasteiger partial charge in [0.25, 0.3) is 5.56 Å². The zero-order valence-electron chi connectivity index (χ0n) is 74.8. The lowest BCUT2D eigenvalue weighted by Crippen LogP contribution is -2.35. The number of aliphatic hydroxyl groups excluding tert-OH is 1. The lowest BCUT2D eigenvalue weighted by Gasteiger charge is -2.27. The van der Waals surface area contributed by atoms with E-state index in [0.717, 1.165) is 84.2 Å². The van der Waals surface area contributed by atoms with Crippen LogP contribution in [-0.4, -0.2) is 198 Å². The molecule has 131 heavy (non-hydrogen) atoms. The molecule has 3 saturated heterocycles. The summed E-state index contributed by atoms with van der Waals surface area (Å²) in [7, 11) is -3.33. The number of phosphoric ester groups is 1. The first-order valence-corrected chi connectivity index (χ1v) is 52.5. The van der Waals surface area contributed by atoms with Crippen LogP contribution < -0.4 is 26.2 Å². The van der Waals surface area contributed by atoms with Crippen LogP contribution in [0.15, 0.2) is 78.5 Å². The monoisotopic (exact) mass is 1940 g/mol. The van der Waals surface area contributed by atoms with E-state index in [1.54, 1.807) is 24.3 Å². The van der Waals surface area contributed by atoms with Gasteiger partial charge in [0.15, 0.2) is 53.2 Å². The molecule has 0 aliphatic carbocycles. The van der Waals surface area contributed by atoms with Gasteiger partial charge in [0, 0.05) is 52.0 Å². The average molecular weight is 1940 g/mol. The number of phosphoric acid groups is 1. The van der Waals surface area contributed by atoms with Gasteiger partial charge in [0.05, 0.1) is 51.2 Å². The molecule has 2 aromatic carbocycles. The van der Waals surface area contributed by atoms with E-state index in [1.807, 2.05) is 0 Å². The second-order valence-electron chi connectivity index (χ2n) is 32.8. The molecular formula is C87H128F2N11O26P3S2. The third kappa shape index (κ3) is 37.1. The van der Waals surface area contributed by atoms with E-state index in [2.05, 4.69) is 67.0 Å². The van der Waals surface area contributed by atoms with Crippen LogP contribution in [0.1, 0.15) is 273 Å². The summed E-state index contributed by atoms with van der Waals surface area (Å²) in [6.45, 7) is -8.29. The van der Waals surface area contributed by atoms with Gasteiger partial charge in [-0.15, -0.1) is 0 Å². The third-order valence-corrected chi connectivity index (χ3v) is 26.5. The van der Waals surface area contributed by atoms with Gasteiger partial charge in [0.1, 0.15) is 67.8 Å². The highest BCUT2D eigenvalue weighted by atomic mass is 32.7. The molecule has 9 rings (SSSR count). The van der Waals surface area contributed by atoms with Gasteiger partial charge in [0.2, 0.25) is 11.8 Å². The molecule has 0 saturated carbocycles. The fraction of sp³-hybridized carbons (Fsp3) is 0.655. The number of likely N-dealkylation sites (N-methyl/N-ethyl adjacent to an activating group) is 1. The molecule has 4 aromatic heterocycles. The molecule has 4 amide bonds. The SMILES string of the molecule is CCCCCCCCCCCCCCCCCC(=O)OC[C@H](COP(=O)(O)OCCNC(=O)CCCC(=O)NCc1ccc(C(=O)Oc2ccc(COC(=O)N(C)CCOC(=O)Nc3ncnc4c3ncn4[C@@H]3O[C@@H]4COP(O)(=S)O[C@@H]5[C@H](O)[C@@H](COP(=O)(S)O[C@H]4[C@H]3F)O[C@H]5n3cc(F)c4c(=O)[nH]cnc43)cc2)cc1)OC(=O)CCCCCCCCCCCCCCCCC. The summed E-state index contributed by atoms with van der Waals surface area (Å²) in [5.74, 6) is -3.48. The number of hydrogen-bond acceptors (Lipinski definition) is 29. The Morgan fingerprint density at radius 2 is 1.23 bits per heavy atom. The summed E-state index contributed by atoms with van der Waals surface area (Å²) >= 11 is 9.33. The number of imidazole rings is 1. The number of H-pyrrole nitrogens is 1. The number of anilines is 1. The Balaban J connectivity index is 0.617. The largest absolute Gasteiger partial charge is 0.472 e. The number of nitrogens with one attached hydrogen (secondary N) is 4. The molecule has 44 heteroatoms. The van der Waals surface area contributed by atoms with Crippen LogP contribution in [0.3, 0.4) is 0 Å². The second kappa shape index (κ2) is 56.5. The molecule has 3 fully saturated rings. The molecular weight excluding hydrogens is 1810 g/mol. The van der Waals surface area contributed by atoms with E-state index < -0.39 is 156 Å². The Morgan fingerprint density at radius 3 is 1.85 bits per heavy atom. The number of carbonyl (C=O) groups excluding carboxylic acids is 7. The number of benzene rings is 2. The summed E-state index contributed by atoms with van der Waals surface area (Å²) < 4.78 is 133. The molecule has 3 aliphatic rings. The maximum atomic E-state index is 16.8. The minimum absolute atomic E-state index is 0.00677. The second-order valence-corrected chi connectivity index (χ2v) is 40.0. The third-order valence-electron chi connectivity index (χ3n) is 22.3.